The van der Waals surface area contributed by atoms with Gasteiger partial charge in [0.15, 0.2) is 0 Å². The van der Waals surface area contributed by atoms with E-state index in [1.54, 1.807) is 18.3 Å². The van der Waals surface area contributed by atoms with E-state index in [1.807, 2.05) is 19.2 Å². The summed E-state index contributed by atoms with van der Waals surface area (Å²) in [5.74, 6) is 1.27. The average Bonchev–Trinajstić information content (AvgIpc) is 2.85. The van der Waals surface area contributed by atoms with E-state index in [1.165, 1.54) is 0 Å². The molecule has 21 heavy (non-hydrogen) atoms. The number of benzene rings is 1. The summed E-state index contributed by atoms with van der Waals surface area (Å²) in [6.45, 7) is 7.50. The Kier molecular flexibility index (Phi) is 4.62. The normalized spacial score (nSPS) is 10.9. The van der Waals surface area contributed by atoms with Crippen LogP contribution in [0.15, 0.2) is 30.6 Å². The summed E-state index contributed by atoms with van der Waals surface area (Å²) in [4.78, 5) is 16.5. The summed E-state index contributed by atoms with van der Waals surface area (Å²) in [6.07, 6.45) is 3.70. The minimum Gasteiger partial charge on any atom is -0.399 e. The van der Waals surface area contributed by atoms with Crippen molar-refractivity contribution in [3.05, 3.63) is 47.5 Å². The predicted molar refractivity (Wildman–Crippen MR) is 83.8 cm³/mol. The maximum atomic E-state index is 12.2. The second-order valence-electron chi connectivity index (χ2n) is 5.65. The zero-order valence-corrected chi connectivity index (χ0v) is 12.8. The van der Waals surface area contributed by atoms with E-state index in [2.05, 4.69) is 28.7 Å². The fourth-order valence-electron chi connectivity index (χ4n) is 2.21. The Hall–Kier alpha value is -2.30. The molecule has 0 fully saturated rings. The van der Waals surface area contributed by atoms with Gasteiger partial charge in [0.05, 0.1) is 6.54 Å². The molecule has 0 spiro atoms. The van der Waals surface area contributed by atoms with Gasteiger partial charge >= 0.3 is 0 Å². The maximum absolute atomic E-state index is 12.2. The van der Waals surface area contributed by atoms with Crippen molar-refractivity contribution < 1.29 is 4.79 Å². The van der Waals surface area contributed by atoms with Crippen molar-refractivity contribution in [1.82, 2.24) is 14.9 Å². The Morgan fingerprint density at radius 1 is 1.43 bits per heavy atom. The van der Waals surface area contributed by atoms with Crippen molar-refractivity contribution >= 4 is 11.6 Å². The van der Waals surface area contributed by atoms with Gasteiger partial charge in [-0.1, -0.05) is 19.9 Å². The van der Waals surface area contributed by atoms with Gasteiger partial charge in [0.25, 0.3) is 5.91 Å². The summed E-state index contributed by atoms with van der Waals surface area (Å²) in [6, 6.07) is 5.34. The molecule has 0 saturated heterocycles. The number of carbonyl (C=O) groups is 1. The number of nitrogens with zero attached hydrogens (tertiary/aromatic N) is 2. The van der Waals surface area contributed by atoms with Crippen molar-refractivity contribution in [2.45, 2.75) is 33.9 Å². The number of aryl methyl sites for hydroxylation is 1. The van der Waals surface area contributed by atoms with Gasteiger partial charge in [-0.25, -0.2) is 4.98 Å². The largest absolute Gasteiger partial charge is 0.399 e. The minimum absolute atomic E-state index is 0.126. The molecule has 5 nitrogen and oxygen atoms in total. The van der Waals surface area contributed by atoms with Crippen LogP contribution in [0, 0.1) is 12.8 Å². The Morgan fingerprint density at radius 2 is 2.19 bits per heavy atom. The van der Waals surface area contributed by atoms with Gasteiger partial charge < -0.3 is 15.6 Å². The molecule has 0 saturated carbocycles. The Labute approximate surface area is 125 Å². The number of nitrogen functional groups attached to an aromatic ring is 1. The fourth-order valence-corrected chi connectivity index (χ4v) is 2.21. The Balaban J connectivity index is 2.04. The number of hydrogen-bond donors (Lipinski definition) is 2. The van der Waals surface area contributed by atoms with E-state index in [-0.39, 0.29) is 5.91 Å². The van der Waals surface area contributed by atoms with Crippen LogP contribution in [0.2, 0.25) is 0 Å². The van der Waals surface area contributed by atoms with Crippen molar-refractivity contribution in [1.29, 1.82) is 0 Å². The molecule has 0 bridgehead atoms. The maximum Gasteiger partial charge on any atom is 0.251 e. The van der Waals surface area contributed by atoms with Gasteiger partial charge in [-0.05, 0) is 30.5 Å². The Bertz CT molecular complexity index is 631. The summed E-state index contributed by atoms with van der Waals surface area (Å²) in [5, 5.41) is 2.91. The van der Waals surface area contributed by atoms with Crippen LogP contribution in [0.5, 0.6) is 0 Å². The molecule has 0 unspecified atom stereocenters. The molecular formula is C16H22N4O. The molecule has 1 aromatic heterocycles. The minimum atomic E-state index is -0.126. The van der Waals surface area contributed by atoms with Gasteiger partial charge in [0.1, 0.15) is 5.82 Å². The first-order valence-electron chi connectivity index (χ1n) is 7.11. The lowest BCUT2D eigenvalue weighted by Crippen LogP contribution is -2.25. The third-order valence-electron chi connectivity index (χ3n) is 3.28. The number of amides is 1. The van der Waals surface area contributed by atoms with Crippen LogP contribution in [0.1, 0.15) is 35.6 Å². The molecule has 2 rings (SSSR count). The van der Waals surface area contributed by atoms with Crippen LogP contribution >= 0.6 is 0 Å². The van der Waals surface area contributed by atoms with Gasteiger partial charge in [-0.2, -0.15) is 0 Å². The number of nitrogens with one attached hydrogen (secondary N) is 1. The van der Waals surface area contributed by atoms with Gasteiger partial charge in [-0.15, -0.1) is 0 Å². The third kappa shape index (κ3) is 3.84. The number of carbonyl (C=O) groups excluding carboxylic acids is 1. The van der Waals surface area contributed by atoms with Crippen LogP contribution in [0.4, 0.5) is 5.69 Å². The highest BCUT2D eigenvalue weighted by Crippen LogP contribution is 2.12. The van der Waals surface area contributed by atoms with Crippen molar-refractivity contribution in [3.8, 4) is 0 Å². The second kappa shape index (κ2) is 6.43. The predicted octanol–water partition coefficient (Wildman–Crippen LogP) is 2.36. The lowest BCUT2D eigenvalue weighted by Gasteiger charge is -2.12. The monoisotopic (exact) mass is 286 g/mol. The van der Waals surface area contributed by atoms with Crippen LogP contribution in [-0.4, -0.2) is 15.5 Å². The van der Waals surface area contributed by atoms with Crippen LogP contribution in [0.3, 0.4) is 0 Å². The van der Waals surface area contributed by atoms with Gasteiger partial charge in [0.2, 0.25) is 0 Å². The molecule has 112 valence electrons. The van der Waals surface area contributed by atoms with E-state index >= 15 is 0 Å². The van der Waals surface area contributed by atoms with E-state index in [0.29, 0.717) is 23.7 Å². The zero-order chi connectivity index (χ0) is 15.4. The smallest absolute Gasteiger partial charge is 0.251 e. The molecule has 1 heterocycles. The molecule has 3 N–H and O–H groups in total. The molecule has 0 aliphatic rings. The lowest BCUT2D eigenvalue weighted by atomic mass is 10.1. The quantitative estimate of drug-likeness (QED) is 0.829. The highest BCUT2D eigenvalue weighted by atomic mass is 16.1. The van der Waals surface area contributed by atoms with Gasteiger partial charge in [0, 0.05) is 30.2 Å². The van der Waals surface area contributed by atoms with E-state index in [4.69, 9.17) is 5.73 Å². The van der Waals surface area contributed by atoms with Crippen LogP contribution in [0.25, 0.3) is 0 Å². The second-order valence-corrected chi connectivity index (χ2v) is 5.65. The van der Waals surface area contributed by atoms with Crippen molar-refractivity contribution in [2.75, 3.05) is 5.73 Å². The SMILES string of the molecule is Cc1ccc(N)cc1C(=O)NCc1nccn1CC(C)C. The van der Waals surface area contributed by atoms with Crippen molar-refractivity contribution in [2.24, 2.45) is 5.92 Å². The topological polar surface area (TPSA) is 72.9 Å². The molecule has 0 radical (unpaired) electrons. The fraction of sp³-hybridized carbons (Fsp3) is 0.375. The highest BCUT2D eigenvalue weighted by molar-refractivity contribution is 5.96. The summed E-state index contributed by atoms with van der Waals surface area (Å²) >= 11 is 0. The summed E-state index contributed by atoms with van der Waals surface area (Å²) in [7, 11) is 0. The highest BCUT2D eigenvalue weighted by Gasteiger charge is 2.11. The summed E-state index contributed by atoms with van der Waals surface area (Å²) in [5.41, 5.74) is 7.85. The molecule has 1 amide bonds. The standard InChI is InChI=1S/C16H22N4O/c1-11(2)10-20-7-6-18-15(20)9-19-16(21)14-8-13(17)5-4-12(14)3/h4-8,11H,9-10,17H2,1-3H3,(H,19,21). The van der Waals surface area contributed by atoms with Crippen LogP contribution in [-0.2, 0) is 13.1 Å². The molecule has 0 atom stereocenters. The average molecular weight is 286 g/mol. The number of anilines is 1. The van der Waals surface area contributed by atoms with Gasteiger partial charge in [-0.3, -0.25) is 4.79 Å². The van der Waals surface area contributed by atoms with E-state index in [9.17, 15) is 4.79 Å². The summed E-state index contributed by atoms with van der Waals surface area (Å²) < 4.78 is 2.07. The first kappa shape index (κ1) is 15.1. The van der Waals surface area contributed by atoms with Crippen molar-refractivity contribution in [3.63, 3.8) is 0 Å². The Morgan fingerprint density at radius 3 is 2.90 bits per heavy atom. The van der Waals surface area contributed by atoms with E-state index < -0.39 is 0 Å². The number of hydrogen-bond acceptors (Lipinski definition) is 3. The number of imidazole rings is 1. The molecule has 0 aliphatic carbocycles. The first-order chi connectivity index (χ1) is 9.97. The van der Waals surface area contributed by atoms with E-state index in [0.717, 1.165) is 17.9 Å². The molecular weight excluding hydrogens is 264 g/mol. The molecule has 5 heteroatoms. The number of rotatable bonds is 5. The molecule has 0 aliphatic heterocycles. The lowest BCUT2D eigenvalue weighted by molar-refractivity contribution is 0.0949. The molecule has 1 aromatic carbocycles. The zero-order valence-electron chi connectivity index (χ0n) is 12.8. The van der Waals surface area contributed by atoms with Crippen LogP contribution < -0.4 is 11.1 Å². The number of nitrogens with two attached hydrogens (primary N) is 1. The molecule has 2 aromatic rings. The third-order valence-corrected chi connectivity index (χ3v) is 3.28. The number of aromatic nitrogens is 2. The first-order valence-corrected chi connectivity index (χ1v) is 7.11.